The Labute approximate surface area is 103 Å². The first kappa shape index (κ1) is 12.1. The van der Waals surface area contributed by atoms with Crippen molar-refractivity contribution in [3.8, 4) is 0 Å². The lowest BCUT2D eigenvalue weighted by molar-refractivity contribution is 0.0951. The van der Waals surface area contributed by atoms with E-state index in [1.54, 1.807) is 0 Å². The number of amides is 1. The van der Waals surface area contributed by atoms with Crippen molar-refractivity contribution in [2.45, 2.75) is 31.7 Å². The molecule has 2 N–H and O–H groups in total. The van der Waals surface area contributed by atoms with E-state index in [2.05, 4.69) is 10.6 Å². The molecule has 0 aliphatic carbocycles. The van der Waals surface area contributed by atoms with Crippen molar-refractivity contribution in [3.05, 3.63) is 35.9 Å². The van der Waals surface area contributed by atoms with E-state index in [1.165, 1.54) is 19.3 Å². The van der Waals surface area contributed by atoms with Crippen molar-refractivity contribution in [1.82, 2.24) is 10.6 Å². The molecule has 1 aliphatic heterocycles. The Kier molecular flexibility index (Phi) is 4.56. The van der Waals surface area contributed by atoms with Crippen molar-refractivity contribution in [2.24, 2.45) is 0 Å². The summed E-state index contributed by atoms with van der Waals surface area (Å²) in [4.78, 5) is 11.8. The van der Waals surface area contributed by atoms with Gasteiger partial charge in [-0.05, 0) is 37.9 Å². The first-order valence-corrected chi connectivity index (χ1v) is 6.43. The van der Waals surface area contributed by atoms with Gasteiger partial charge in [0.15, 0.2) is 0 Å². The summed E-state index contributed by atoms with van der Waals surface area (Å²) < 4.78 is 0. The lowest BCUT2D eigenvalue weighted by atomic mass is 10.0. The monoisotopic (exact) mass is 232 g/mol. The molecule has 2 rings (SSSR count). The number of rotatable bonds is 4. The van der Waals surface area contributed by atoms with Crippen molar-refractivity contribution >= 4 is 5.91 Å². The Bertz CT molecular complexity index is 344. The van der Waals surface area contributed by atoms with Gasteiger partial charge in [-0.15, -0.1) is 0 Å². The number of benzene rings is 1. The summed E-state index contributed by atoms with van der Waals surface area (Å²) in [5.74, 6) is 0.0291. The van der Waals surface area contributed by atoms with E-state index in [0.29, 0.717) is 6.04 Å². The molecule has 1 heterocycles. The van der Waals surface area contributed by atoms with Crippen LogP contribution in [0.5, 0.6) is 0 Å². The highest BCUT2D eigenvalue weighted by atomic mass is 16.1. The molecule has 1 aromatic rings. The molecule has 1 amide bonds. The van der Waals surface area contributed by atoms with Crippen molar-refractivity contribution in [3.63, 3.8) is 0 Å². The van der Waals surface area contributed by atoms with E-state index in [9.17, 15) is 4.79 Å². The highest BCUT2D eigenvalue weighted by Gasteiger charge is 2.12. The first-order valence-electron chi connectivity index (χ1n) is 6.43. The standard InChI is InChI=1S/C14H20N2O/c17-14(12-6-2-1-3-7-12)16-11-9-13-8-4-5-10-15-13/h1-3,6-7,13,15H,4-5,8-11H2,(H,16,17)/t13-/m1/s1. The van der Waals surface area contributed by atoms with Crippen LogP contribution < -0.4 is 10.6 Å². The van der Waals surface area contributed by atoms with Gasteiger partial charge in [-0.3, -0.25) is 4.79 Å². The molecule has 0 aromatic heterocycles. The van der Waals surface area contributed by atoms with Crippen LogP contribution in [0.2, 0.25) is 0 Å². The molecule has 1 fully saturated rings. The molecule has 0 saturated carbocycles. The fourth-order valence-electron chi connectivity index (χ4n) is 2.22. The molecule has 17 heavy (non-hydrogen) atoms. The van der Waals surface area contributed by atoms with Crippen LogP contribution in [0.1, 0.15) is 36.0 Å². The second kappa shape index (κ2) is 6.40. The third-order valence-corrected chi connectivity index (χ3v) is 3.23. The average molecular weight is 232 g/mol. The molecular formula is C14H20N2O. The van der Waals surface area contributed by atoms with Gasteiger partial charge >= 0.3 is 0 Å². The molecule has 3 heteroatoms. The minimum atomic E-state index is 0.0291. The molecule has 0 bridgehead atoms. The summed E-state index contributed by atoms with van der Waals surface area (Å²) in [6.07, 6.45) is 4.86. The molecular weight excluding hydrogens is 212 g/mol. The summed E-state index contributed by atoms with van der Waals surface area (Å²) >= 11 is 0. The van der Waals surface area contributed by atoms with Gasteiger partial charge in [0, 0.05) is 18.2 Å². The fourth-order valence-corrected chi connectivity index (χ4v) is 2.22. The van der Waals surface area contributed by atoms with E-state index < -0.39 is 0 Å². The quantitative estimate of drug-likeness (QED) is 0.833. The zero-order chi connectivity index (χ0) is 11.9. The molecule has 1 aliphatic rings. The predicted molar refractivity (Wildman–Crippen MR) is 69.0 cm³/mol. The van der Waals surface area contributed by atoms with Crippen LogP contribution in [0.3, 0.4) is 0 Å². The van der Waals surface area contributed by atoms with Gasteiger partial charge < -0.3 is 10.6 Å². The maximum atomic E-state index is 11.8. The largest absolute Gasteiger partial charge is 0.352 e. The number of hydrogen-bond donors (Lipinski definition) is 2. The van der Waals surface area contributed by atoms with E-state index in [-0.39, 0.29) is 5.91 Å². The number of piperidine rings is 1. The minimum absolute atomic E-state index is 0.0291. The Hall–Kier alpha value is -1.35. The van der Waals surface area contributed by atoms with Gasteiger partial charge in [-0.25, -0.2) is 0 Å². The van der Waals surface area contributed by atoms with Crippen LogP contribution >= 0.6 is 0 Å². The smallest absolute Gasteiger partial charge is 0.251 e. The van der Waals surface area contributed by atoms with Crippen LogP contribution in [0.15, 0.2) is 30.3 Å². The van der Waals surface area contributed by atoms with Gasteiger partial charge in [0.1, 0.15) is 0 Å². The normalized spacial score (nSPS) is 19.9. The summed E-state index contributed by atoms with van der Waals surface area (Å²) in [5, 5.41) is 6.45. The zero-order valence-corrected chi connectivity index (χ0v) is 10.1. The van der Waals surface area contributed by atoms with Crippen molar-refractivity contribution < 1.29 is 4.79 Å². The number of hydrogen-bond acceptors (Lipinski definition) is 2. The van der Waals surface area contributed by atoms with Gasteiger partial charge in [-0.1, -0.05) is 24.6 Å². The van der Waals surface area contributed by atoms with Crippen molar-refractivity contribution in [1.29, 1.82) is 0 Å². The van der Waals surface area contributed by atoms with E-state index in [0.717, 1.165) is 25.1 Å². The molecule has 0 spiro atoms. The first-order chi connectivity index (χ1) is 8.36. The highest BCUT2D eigenvalue weighted by molar-refractivity contribution is 5.94. The van der Waals surface area contributed by atoms with E-state index in [1.807, 2.05) is 30.3 Å². The Morgan fingerprint density at radius 1 is 1.29 bits per heavy atom. The van der Waals surface area contributed by atoms with Crippen LogP contribution in [0.25, 0.3) is 0 Å². The van der Waals surface area contributed by atoms with Crippen LogP contribution in [-0.4, -0.2) is 25.0 Å². The molecule has 3 nitrogen and oxygen atoms in total. The summed E-state index contributed by atoms with van der Waals surface area (Å²) in [7, 11) is 0. The molecule has 1 aromatic carbocycles. The van der Waals surface area contributed by atoms with Gasteiger partial charge in [0.05, 0.1) is 0 Å². The number of carbonyl (C=O) groups excluding carboxylic acids is 1. The summed E-state index contributed by atoms with van der Waals surface area (Å²) in [6.45, 7) is 1.88. The summed E-state index contributed by atoms with van der Waals surface area (Å²) in [5.41, 5.74) is 0.740. The SMILES string of the molecule is O=C(NCC[C@H]1CCCCN1)c1ccccc1. The zero-order valence-electron chi connectivity index (χ0n) is 10.1. The van der Waals surface area contributed by atoms with Gasteiger partial charge in [0.2, 0.25) is 0 Å². The average Bonchev–Trinajstić information content (AvgIpc) is 2.41. The van der Waals surface area contributed by atoms with Crippen LogP contribution in [-0.2, 0) is 0 Å². The van der Waals surface area contributed by atoms with Crippen LogP contribution in [0.4, 0.5) is 0 Å². The Morgan fingerprint density at radius 2 is 2.12 bits per heavy atom. The maximum absolute atomic E-state index is 11.8. The van der Waals surface area contributed by atoms with Gasteiger partial charge in [-0.2, -0.15) is 0 Å². The second-order valence-corrected chi connectivity index (χ2v) is 4.56. The van der Waals surface area contributed by atoms with E-state index in [4.69, 9.17) is 0 Å². The Morgan fingerprint density at radius 3 is 2.82 bits per heavy atom. The molecule has 1 atom stereocenters. The Balaban J connectivity index is 1.69. The molecule has 0 radical (unpaired) electrons. The van der Waals surface area contributed by atoms with Crippen LogP contribution in [0, 0.1) is 0 Å². The molecule has 0 unspecified atom stereocenters. The lowest BCUT2D eigenvalue weighted by Crippen LogP contribution is -2.37. The van der Waals surface area contributed by atoms with Gasteiger partial charge in [0.25, 0.3) is 5.91 Å². The second-order valence-electron chi connectivity index (χ2n) is 4.56. The third-order valence-electron chi connectivity index (χ3n) is 3.23. The molecule has 1 saturated heterocycles. The van der Waals surface area contributed by atoms with E-state index >= 15 is 0 Å². The lowest BCUT2D eigenvalue weighted by Gasteiger charge is -2.23. The third kappa shape index (κ3) is 3.86. The minimum Gasteiger partial charge on any atom is -0.352 e. The topological polar surface area (TPSA) is 41.1 Å². The fraction of sp³-hybridized carbons (Fsp3) is 0.500. The number of nitrogens with one attached hydrogen (secondary N) is 2. The highest BCUT2D eigenvalue weighted by Crippen LogP contribution is 2.09. The van der Waals surface area contributed by atoms with Crippen molar-refractivity contribution in [2.75, 3.05) is 13.1 Å². The summed E-state index contributed by atoms with van der Waals surface area (Å²) in [6, 6.07) is 9.96. The maximum Gasteiger partial charge on any atom is 0.251 e. The molecule has 92 valence electrons. The predicted octanol–water partition coefficient (Wildman–Crippen LogP) is 1.95. The number of carbonyl (C=O) groups is 1.